The summed E-state index contributed by atoms with van der Waals surface area (Å²) in [4.78, 5) is 18.9. The highest BCUT2D eigenvalue weighted by molar-refractivity contribution is 5.87. The molecule has 5 heteroatoms. The van der Waals surface area contributed by atoms with Gasteiger partial charge in [-0.1, -0.05) is 42.5 Å². The molecule has 0 saturated heterocycles. The van der Waals surface area contributed by atoms with Gasteiger partial charge < -0.3 is 14.4 Å². The Hall–Kier alpha value is -3.08. The molecule has 1 amide bonds. The number of rotatable bonds is 5. The minimum atomic E-state index is -0.253. The number of aromatic nitrogens is 1. The third kappa shape index (κ3) is 4.34. The first kappa shape index (κ1) is 19.2. The Balaban J connectivity index is 1.60. The van der Waals surface area contributed by atoms with Gasteiger partial charge in [-0.25, -0.2) is 4.79 Å². The molecule has 2 heterocycles. The molecule has 1 aromatic heterocycles. The highest BCUT2D eigenvalue weighted by atomic mass is 16.6. The molecule has 1 aliphatic heterocycles. The quantitative estimate of drug-likeness (QED) is 0.647. The van der Waals surface area contributed by atoms with E-state index in [1.807, 2.05) is 43.3 Å². The maximum Gasteiger partial charge on any atom is 0.409 e. The predicted octanol–water partition coefficient (Wildman–Crippen LogP) is 4.41. The van der Waals surface area contributed by atoms with Crippen molar-refractivity contribution in [3.05, 3.63) is 71.4 Å². The van der Waals surface area contributed by atoms with Gasteiger partial charge in [-0.05, 0) is 31.0 Å². The van der Waals surface area contributed by atoms with Crippen molar-refractivity contribution in [3.8, 4) is 5.75 Å². The Morgan fingerprint density at radius 1 is 1.03 bits per heavy atom. The SMILES string of the molecule is CCOC(=O)N1CCc2nc3ccccc3c(OCCc3ccccc3)c2CC1. The van der Waals surface area contributed by atoms with Gasteiger partial charge in [0.2, 0.25) is 0 Å². The first-order chi connectivity index (χ1) is 14.3. The fourth-order valence-electron chi connectivity index (χ4n) is 3.81. The first-order valence-corrected chi connectivity index (χ1v) is 10.2. The Labute approximate surface area is 171 Å². The number of pyridine rings is 1. The zero-order chi connectivity index (χ0) is 20.1. The monoisotopic (exact) mass is 390 g/mol. The van der Waals surface area contributed by atoms with Crippen molar-refractivity contribution in [3.63, 3.8) is 0 Å². The zero-order valence-electron chi connectivity index (χ0n) is 16.8. The third-order valence-corrected chi connectivity index (χ3v) is 5.28. The second-order valence-electron chi connectivity index (χ2n) is 7.15. The van der Waals surface area contributed by atoms with Crippen LogP contribution in [0.5, 0.6) is 5.75 Å². The van der Waals surface area contributed by atoms with Gasteiger partial charge in [0.05, 0.1) is 18.7 Å². The van der Waals surface area contributed by atoms with Crippen LogP contribution in [0, 0.1) is 0 Å². The van der Waals surface area contributed by atoms with Crippen LogP contribution >= 0.6 is 0 Å². The molecule has 2 aromatic carbocycles. The van der Waals surface area contributed by atoms with Crippen molar-refractivity contribution in [1.82, 2.24) is 9.88 Å². The molecule has 0 radical (unpaired) electrons. The molecule has 0 fully saturated rings. The average molecular weight is 390 g/mol. The lowest BCUT2D eigenvalue weighted by molar-refractivity contribution is 0.109. The van der Waals surface area contributed by atoms with Gasteiger partial charge in [0.25, 0.3) is 0 Å². The molecule has 4 rings (SSSR count). The maximum absolute atomic E-state index is 12.2. The van der Waals surface area contributed by atoms with E-state index in [0.29, 0.717) is 39.1 Å². The number of hydrogen-bond acceptors (Lipinski definition) is 4. The Bertz CT molecular complexity index is 988. The molecular weight excluding hydrogens is 364 g/mol. The van der Waals surface area contributed by atoms with Crippen molar-refractivity contribution >= 4 is 17.0 Å². The van der Waals surface area contributed by atoms with Gasteiger partial charge in [-0.2, -0.15) is 0 Å². The van der Waals surface area contributed by atoms with E-state index in [2.05, 4.69) is 18.2 Å². The third-order valence-electron chi connectivity index (χ3n) is 5.28. The zero-order valence-corrected chi connectivity index (χ0v) is 16.8. The molecule has 0 saturated carbocycles. The summed E-state index contributed by atoms with van der Waals surface area (Å²) in [6.07, 6.45) is 2.01. The van der Waals surface area contributed by atoms with Crippen LogP contribution < -0.4 is 4.74 Å². The summed E-state index contributed by atoms with van der Waals surface area (Å²) in [6, 6.07) is 18.5. The maximum atomic E-state index is 12.2. The molecule has 150 valence electrons. The van der Waals surface area contributed by atoms with Crippen LogP contribution in [-0.2, 0) is 24.0 Å². The summed E-state index contributed by atoms with van der Waals surface area (Å²) in [5, 5.41) is 1.03. The highest BCUT2D eigenvalue weighted by Crippen LogP contribution is 2.33. The molecule has 3 aromatic rings. The van der Waals surface area contributed by atoms with Crippen LogP contribution in [0.1, 0.15) is 23.7 Å². The fraction of sp³-hybridized carbons (Fsp3) is 0.333. The van der Waals surface area contributed by atoms with Crippen LogP contribution in [-0.4, -0.2) is 42.3 Å². The number of carbonyl (C=O) groups excluding carboxylic acids is 1. The Morgan fingerprint density at radius 2 is 1.79 bits per heavy atom. The summed E-state index contributed by atoms with van der Waals surface area (Å²) in [7, 11) is 0. The van der Waals surface area contributed by atoms with Crippen molar-refractivity contribution in [2.75, 3.05) is 26.3 Å². The topological polar surface area (TPSA) is 51.7 Å². The van der Waals surface area contributed by atoms with E-state index in [9.17, 15) is 4.79 Å². The number of ether oxygens (including phenoxy) is 2. The second kappa shape index (κ2) is 8.95. The molecule has 0 N–H and O–H groups in total. The Kier molecular flexibility index (Phi) is 5.94. The number of fused-ring (bicyclic) bond motifs is 2. The van der Waals surface area contributed by atoms with Crippen molar-refractivity contribution in [2.45, 2.75) is 26.2 Å². The largest absolute Gasteiger partial charge is 0.492 e. The molecule has 0 unspecified atom stereocenters. The summed E-state index contributed by atoms with van der Waals surface area (Å²) in [5.74, 6) is 0.909. The highest BCUT2D eigenvalue weighted by Gasteiger charge is 2.24. The van der Waals surface area contributed by atoms with Crippen LogP contribution in [0.4, 0.5) is 4.79 Å². The van der Waals surface area contributed by atoms with E-state index < -0.39 is 0 Å². The van der Waals surface area contributed by atoms with Crippen LogP contribution in [0.3, 0.4) is 0 Å². The predicted molar refractivity (Wildman–Crippen MR) is 113 cm³/mol. The molecule has 1 aliphatic rings. The van der Waals surface area contributed by atoms with Gasteiger partial charge in [0.15, 0.2) is 0 Å². The number of benzene rings is 2. The average Bonchev–Trinajstić information content (AvgIpc) is 2.97. The first-order valence-electron chi connectivity index (χ1n) is 10.2. The number of para-hydroxylation sites is 1. The van der Waals surface area contributed by atoms with E-state index in [1.165, 1.54) is 5.56 Å². The molecule has 5 nitrogen and oxygen atoms in total. The van der Waals surface area contributed by atoms with Gasteiger partial charge in [0, 0.05) is 42.6 Å². The number of carbonyl (C=O) groups is 1. The van der Waals surface area contributed by atoms with E-state index in [0.717, 1.165) is 34.3 Å². The summed E-state index contributed by atoms with van der Waals surface area (Å²) in [5.41, 5.74) is 4.32. The number of hydrogen-bond donors (Lipinski definition) is 0. The van der Waals surface area contributed by atoms with Gasteiger partial charge in [0.1, 0.15) is 5.75 Å². The van der Waals surface area contributed by atoms with Crippen molar-refractivity contribution in [1.29, 1.82) is 0 Å². The van der Waals surface area contributed by atoms with Crippen molar-refractivity contribution in [2.24, 2.45) is 0 Å². The summed E-state index contributed by atoms with van der Waals surface area (Å²) < 4.78 is 11.5. The number of amides is 1. The molecule has 29 heavy (non-hydrogen) atoms. The summed E-state index contributed by atoms with van der Waals surface area (Å²) >= 11 is 0. The minimum Gasteiger partial charge on any atom is -0.492 e. The molecule has 0 bridgehead atoms. The van der Waals surface area contributed by atoms with Gasteiger partial charge in [-0.3, -0.25) is 4.98 Å². The van der Waals surface area contributed by atoms with Gasteiger partial charge in [-0.15, -0.1) is 0 Å². The molecular formula is C24H26N2O3. The lowest BCUT2D eigenvalue weighted by Gasteiger charge is -2.19. The second-order valence-corrected chi connectivity index (χ2v) is 7.15. The van der Waals surface area contributed by atoms with Crippen LogP contribution in [0.2, 0.25) is 0 Å². The van der Waals surface area contributed by atoms with E-state index >= 15 is 0 Å². The van der Waals surface area contributed by atoms with Crippen LogP contribution in [0.25, 0.3) is 10.9 Å². The summed E-state index contributed by atoms with van der Waals surface area (Å²) in [6.45, 7) is 4.04. The Morgan fingerprint density at radius 3 is 2.62 bits per heavy atom. The lowest BCUT2D eigenvalue weighted by atomic mass is 10.0. The standard InChI is InChI=1S/C24H26N2O3/c1-2-28-24(27)26-15-12-20-22(13-16-26)25-21-11-7-6-10-19(21)23(20)29-17-14-18-8-4-3-5-9-18/h3-11H,2,12-17H2,1H3. The van der Waals surface area contributed by atoms with E-state index in [1.54, 1.807) is 4.90 Å². The lowest BCUT2D eigenvalue weighted by Crippen LogP contribution is -2.33. The molecule has 0 aliphatic carbocycles. The van der Waals surface area contributed by atoms with E-state index in [-0.39, 0.29) is 6.09 Å². The van der Waals surface area contributed by atoms with Crippen molar-refractivity contribution < 1.29 is 14.3 Å². The number of nitrogens with zero attached hydrogens (tertiary/aromatic N) is 2. The van der Waals surface area contributed by atoms with Crippen LogP contribution in [0.15, 0.2) is 54.6 Å². The molecule has 0 atom stereocenters. The smallest absolute Gasteiger partial charge is 0.409 e. The fourth-order valence-corrected chi connectivity index (χ4v) is 3.81. The van der Waals surface area contributed by atoms with Gasteiger partial charge >= 0.3 is 6.09 Å². The van der Waals surface area contributed by atoms with E-state index in [4.69, 9.17) is 14.5 Å². The molecule has 0 spiro atoms. The normalized spacial score (nSPS) is 13.6. The minimum absolute atomic E-state index is 0.253.